The van der Waals surface area contributed by atoms with E-state index < -0.39 is 26.9 Å². The maximum Gasteiger partial charge on any atom is 0.332 e. The van der Waals surface area contributed by atoms with Gasteiger partial charge < -0.3 is 26.0 Å². The summed E-state index contributed by atoms with van der Waals surface area (Å²) in [5.41, 5.74) is 3.95. The highest BCUT2D eigenvalue weighted by atomic mass is 16.6. The van der Waals surface area contributed by atoms with Gasteiger partial charge in [0.05, 0.1) is 21.7 Å². The summed E-state index contributed by atoms with van der Waals surface area (Å²) in [4.78, 5) is 71.4. The van der Waals surface area contributed by atoms with Crippen LogP contribution in [0.25, 0.3) is 0 Å². The summed E-state index contributed by atoms with van der Waals surface area (Å²) in [6, 6.07) is 9.02. The maximum atomic E-state index is 11.9. The van der Waals surface area contributed by atoms with Crippen molar-refractivity contribution >= 4 is 28.7 Å². The van der Waals surface area contributed by atoms with Gasteiger partial charge in [0.15, 0.2) is 0 Å². The number of non-ortho nitro benzene ring substituents is 1. The average molecular weight is 509 g/mol. The number of rotatable bonds is 4. The SMILES string of the molecule is Nc1c[nH]ccc1=O.O=C(Nc1c[nH]ccc1=O)c1cccc([N+](=O)[O-])c1.O=c1cc[nH]cc1[N+](=O)[O-]. The second-order valence-corrected chi connectivity index (χ2v) is 6.80. The van der Waals surface area contributed by atoms with E-state index in [-0.39, 0.29) is 33.5 Å². The van der Waals surface area contributed by atoms with Gasteiger partial charge in [0, 0.05) is 66.9 Å². The number of carbonyl (C=O) groups is 1. The molecule has 4 aromatic rings. The molecule has 0 saturated heterocycles. The van der Waals surface area contributed by atoms with Gasteiger partial charge in [-0.2, -0.15) is 0 Å². The van der Waals surface area contributed by atoms with Crippen LogP contribution in [-0.2, 0) is 0 Å². The van der Waals surface area contributed by atoms with Crippen molar-refractivity contribution in [3.63, 3.8) is 0 Å². The number of nitrogens with zero attached hydrogens (tertiary/aromatic N) is 2. The minimum Gasteiger partial charge on any atom is -0.394 e. The minimum atomic E-state index is -0.723. The number of amides is 1. The third kappa shape index (κ3) is 8.45. The first kappa shape index (κ1) is 27.4. The first-order valence-electron chi connectivity index (χ1n) is 10.1. The Morgan fingerprint density at radius 2 is 1.38 bits per heavy atom. The van der Waals surface area contributed by atoms with E-state index in [9.17, 15) is 39.4 Å². The smallest absolute Gasteiger partial charge is 0.332 e. The molecule has 15 nitrogen and oxygen atoms in total. The quantitative estimate of drug-likeness (QED) is 0.198. The maximum absolute atomic E-state index is 11.9. The Labute approximate surface area is 205 Å². The van der Waals surface area contributed by atoms with Gasteiger partial charge in [0.1, 0.15) is 5.69 Å². The number of aromatic amines is 3. The fourth-order valence-electron chi connectivity index (χ4n) is 2.45. The first-order valence-corrected chi connectivity index (χ1v) is 10.1. The number of nitrogens with two attached hydrogens (primary N) is 1. The normalized spacial score (nSPS) is 9.51. The predicted octanol–water partition coefficient (Wildman–Crippen LogP) is 1.78. The first-order chi connectivity index (χ1) is 17.6. The van der Waals surface area contributed by atoms with E-state index in [0.29, 0.717) is 0 Å². The summed E-state index contributed by atoms with van der Waals surface area (Å²) >= 11 is 0. The van der Waals surface area contributed by atoms with Gasteiger partial charge in [-0.05, 0) is 6.07 Å². The highest BCUT2D eigenvalue weighted by Crippen LogP contribution is 2.14. The molecule has 0 spiro atoms. The fraction of sp³-hybridized carbons (Fsp3) is 0. The Hall–Kier alpha value is -5.86. The largest absolute Gasteiger partial charge is 0.394 e. The van der Waals surface area contributed by atoms with Crippen LogP contribution in [0.1, 0.15) is 10.4 Å². The molecule has 3 aromatic heterocycles. The van der Waals surface area contributed by atoms with Crippen LogP contribution in [0.5, 0.6) is 0 Å². The van der Waals surface area contributed by atoms with Crippen LogP contribution in [0, 0.1) is 20.2 Å². The zero-order valence-corrected chi connectivity index (χ0v) is 18.7. The van der Waals surface area contributed by atoms with Crippen LogP contribution in [-0.4, -0.2) is 30.7 Å². The van der Waals surface area contributed by atoms with E-state index in [1.54, 1.807) is 6.20 Å². The number of H-pyrrole nitrogens is 3. The summed E-state index contributed by atoms with van der Waals surface area (Å²) in [6.45, 7) is 0. The Morgan fingerprint density at radius 3 is 1.86 bits per heavy atom. The molecule has 190 valence electrons. The molecule has 37 heavy (non-hydrogen) atoms. The van der Waals surface area contributed by atoms with E-state index in [1.807, 2.05) is 0 Å². The lowest BCUT2D eigenvalue weighted by molar-refractivity contribution is -0.386. The molecule has 6 N–H and O–H groups in total. The van der Waals surface area contributed by atoms with Gasteiger partial charge in [-0.25, -0.2) is 0 Å². The molecule has 1 amide bonds. The van der Waals surface area contributed by atoms with Crippen molar-refractivity contribution in [3.05, 3.63) is 136 Å². The number of nitrogens with one attached hydrogen (secondary N) is 4. The van der Waals surface area contributed by atoms with Crippen LogP contribution in [0.4, 0.5) is 22.7 Å². The summed E-state index contributed by atoms with van der Waals surface area (Å²) in [5.74, 6) is -0.583. The van der Waals surface area contributed by atoms with Gasteiger partial charge in [-0.3, -0.25) is 39.4 Å². The second-order valence-electron chi connectivity index (χ2n) is 6.80. The zero-order valence-electron chi connectivity index (χ0n) is 18.7. The number of carbonyl (C=O) groups excluding carboxylic acids is 1. The third-order valence-corrected chi connectivity index (χ3v) is 4.25. The van der Waals surface area contributed by atoms with Crippen molar-refractivity contribution in [2.24, 2.45) is 0 Å². The Bertz CT molecular complexity index is 1580. The molecular formula is C22H19N7O8. The van der Waals surface area contributed by atoms with Crippen LogP contribution >= 0.6 is 0 Å². The molecule has 3 heterocycles. The lowest BCUT2D eigenvalue weighted by Crippen LogP contribution is -2.18. The zero-order chi connectivity index (χ0) is 27.4. The number of hydrogen-bond donors (Lipinski definition) is 5. The van der Waals surface area contributed by atoms with Gasteiger partial charge in [0.25, 0.3) is 17.0 Å². The van der Waals surface area contributed by atoms with Gasteiger partial charge in [-0.15, -0.1) is 0 Å². The number of nitrogen functional groups attached to an aromatic ring is 1. The van der Waals surface area contributed by atoms with E-state index in [1.165, 1.54) is 55.1 Å². The standard InChI is InChI=1S/C12H9N3O4.C5H4N2O3.C5H6N2O/c16-11-4-5-13-7-10(11)14-12(17)8-2-1-3-9(6-8)15(18)19;8-5-1-2-6-3-4(5)7(9)10;6-4-3-7-2-1-5(4)8/h1-7H,(H,13,16)(H,14,17);1-3H,(H,6,8);1-3H,6H2,(H,7,8). The van der Waals surface area contributed by atoms with Crippen molar-refractivity contribution in [3.8, 4) is 0 Å². The Morgan fingerprint density at radius 1 is 0.784 bits per heavy atom. The number of hydrogen-bond acceptors (Lipinski definition) is 9. The fourth-order valence-corrected chi connectivity index (χ4v) is 2.45. The highest BCUT2D eigenvalue weighted by molar-refractivity contribution is 6.04. The molecule has 0 aliphatic rings. The summed E-state index contributed by atoms with van der Waals surface area (Å²) in [7, 11) is 0. The third-order valence-electron chi connectivity index (χ3n) is 4.25. The van der Waals surface area contributed by atoms with Crippen LogP contribution in [0.3, 0.4) is 0 Å². The number of nitro benzene ring substituents is 1. The van der Waals surface area contributed by atoms with Crippen LogP contribution < -0.4 is 27.3 Å². The molecular weight excluding hydrogens is 490 g/mol. The molecule has 15 heteroatoms. The summed E-state index contributed by atoms with van der Waals surface area (Å²) in [5, 5.41) is 23.0. The van der Waals surface area contributed by atoms with E-state index in [2.05, 4.69) is 20.3 Å². The Kier molecular flexibility index (Phi) is 9.72. The predicted molar refractivity (Wildman–Crippen MR) is 133 cm³/mol. The molecule has 1 aromatic carbocycles. The monoisotopic (exact) mass is 509 g/mol. The molecule has 0 saturated carbocycles. The second kappa shape index (κ2) is 13.1. The molecule has 0 atom stereocenters. The van der Waals surface area contributed by atoms with Crippen LogP contribution in [0.15, 0.2) is 94.0 Å². The van der Waals surface area contributed by atoms with E-state index in [4.69, 9.17) is 5.73 Å². The molecule has 4 rings (SSSR count). The minimum absolute atomic E-state index is 0.0824. The molecule has 0 bridgehead atoms. The van der Waals surface area contributed by atoms with Crippen molar-refractivity contribution in [1.82, 2.24) is 15.0 Å². The van der Waals surface area contributed by atoms with Crippen molar-refractivity contribution in [2.75, 3.05) is 11.1 Å². The lowest BCUT2D eigenvalue weighted by Gasteiger charge is -2.03. The molecule has 0 radical (unpaired) electrons. The molecule has 0 aliphatic carbocycles. The highest BCUT2D eigenvalue weighted by Gasteiger charge is 2.12. The van der Waals surface area contributed by atoms with Crippen molar-refractivity contribution in [2.45, 2.75) is 0 Å². The van der Waals surface area contributed by atoms with Crippen LogP contribution in [0.2, 0.25) is 0 Å². The molecule has 0 aliphatic heterocycles. The number of pyridine rings is 3. The number of nitro groups is 2. The molecule has 0 unspecified atom stereocenters. The summed E-state index contributed by atoms with van der Waals surface area (Å²) in [6.07, 6.45) is 8.18. The van der Waals surface area contributed by atoms with Crippen molar-refractivity contribution in [1.29, 1.82) is 0 Å². The topological polar surface area (TPSA) is 240 Å². The van der Waals surface area contributed by atoms with Crippen molar-refractivity contribution < 1.29 is 14.6 Å². The van der Waals surface area contributed by atoms with Gasteiger partial charge in [-0.1, -0.05) is 6.07 Å². The van der Waals surface area contributed by atoms with Gasteiger partial charge >= 0.3 is 5.69 Å². The number of benzene rings is 1. The average Bonchev–Trinajstić information content (AvgIpc) is 2.88. The Balaban J connectivity index is 0.000000223. The number of aromatic nitrogens is 3. The summed E-state index contributed by atoms with van der Waals surface area (Å²) < 4.78 is 0. The van der Waals surface area contributed by atoms with Gasteiger partial charge in [0.2, 0.25) is 10.9 Å². The van der Waals surface area contributed by atoms with E-state index in [0.717, 1.165) is 18.3 Å². The number of anilines is 2. The molecule has 0 fully saturated rings. The lowest BCUT2D eigenvalue weighted by atomic mass is 10.2. The van der Waals surface area contributed by atoms with E-state index >= 15 is 0 Å².